The molecule has 0 atom stereocenters. The molecule has 1 aromatic heterocycles. The first-order valence-corrected chi connectivity index (χ1v) is 10.0. The van der Waals surface area contributed by atoms with Gasteiger partial charge in [0.2, 0.25) is 5.88 Å². The zero-order chi connectivity index (χ0) is 22.3. The van der Waals surface area contributed by atoms with Crippen LogP contribution in [0.3, 0.4) is 0 Å². The minimum atomic E-state index is -4.73. The van der Waals surface area contributed by atoms with Gasteiger partial charge in [-0.1, -0.05) is 42.5 Å². The van der Waals surface area contributed by atoms with Crippen LogP contribution in [0.5, 0.6) is 11.6 Å². The second-order valence-corrected chi connectivity index (χ2v) is 7.49. The van der Waals surface area contributed by atoms with E-state index in [9.17, 15) is 13.2 Å². The number of hydrogen-bond acceptors (Lipinski definition) is 4. The summed E-state index contributed by atoms with van der Waals surface area (Å²) in [6, 6.07) is 17.7. The van der Waals surface area contributed by atoms with E-state index in [1.807, 2.05) is 50.5 Å². The van der Waals surface area contributed by atoms with E-state index in [0.29, 0.717) is 31.0 Å². The number of aromatic nitrogens is 2. The van der Waals surface area contributed by atoms with Gasteiger partial charge in [-0.2, -0.15) is 0 Å². The smallest absolute Gasteiger partial charge is 0.477 e. The minimum Gasteiger partial charge on any atom is -0.477 e. The van der Waals surface area contributed by atoms with Gasteiger partial charge >= 0.3 is 6.36 Å². The lowest BCUT2D eigenvalue weighted by Crippen LogP contribution is -2.17. The van der Waals surface area contributed by atoms with E-state index in [-0.39, 0.29) is 5.75 Å². The SMILES string of the molecule is CN(C)CCCOc1cc(Cc2ccccc2)n(Cc2cccc(OC(F)(F)F)c2)n1. The Morgan fingerprint density at radius 1 is 0.968 bits per heavy atom. The van der Waals surface area contributed by atoms with E-state index in [4.69, 9.17) is 4.74 Å². The third kappa shape index (κ3) is 7.64. The standard InChI is InChI=1S/C23H26F3N3O2/c1-28(2)12-7-13-30-22-16-20(14-18-8-4-3-5-9-18)29(27-22)17-19-10-6-11-21(15-19)31-23(24,25)26/h3-6,8-11,15-16H,7,12-14,17H2,1-2H3. The van der Waals surface area contributed by atoms with Gasteiger partial charge in [0.05, 0.1) is 13.2 Å². The van der Waals surface area contributed by atoms with Crippen molar-refractivity contribution in [1.82, 2.24) is 14.7 Å². The lowest BCUT2D eigenvalue weighted by atomic mass is 10.1. The van der Waals surface area contributed by atoms with Gasteiger partial charge in [0.1, 0.15) is 5.75 Å². The molecule has 0 aliphatic rings. The normalized spacial score (nSPS) is 11.7. The highest BCUT2D eigenvalue weighted by Crippen LogP contribution is 2.24. The highest BCUT2D eigenvalue weighted by Gasteiger charge is 2.31. The maximum atomic E-state index is 12.5. The zero-order valence-corrected chi connectivity index (χ0v) is 17.6. The fourth-order valence-corrected chi connectivity index (χ4v) is 3.16. The molecule has 0 spiro atoms. The number of benzene rings is 2. The summed E-state index contributed by atoms with van der Waals surface area (Å²) in [4.78, 5) is 2.08. The van der Waals surface area contributed by atoms with E-state index in [0.717, 1.165) is 24.2 Å². The average molecular weight is 433 g/mol. The van der Waals surface area contributed by atoms with Crippen molar-refractivity contribution in [3.8, 4) is 11.6 Å². The molecule has 3 rings (SSSR count). The molecule has 3 aromatic rings. The fourth-order valence-electron chi connectivity index (χ4n) is 3.16. The van der Waals surface area contributed by atoms with Crippen molar-refractivity contribution in [3.05, 3.63) is 77.5 Å². The first-order chi connectivity index (χ1) is 14.8. The van der Waals surface area contributed by atoms with Gasteiger partial charge in [-0.3, -0.25) is 4.68 Å². The predicted octanol–water partition coefficient (Wildman–Crippen LogP) is 4.75. The summed E-state index contributed by atoms with van der Waals surface area (Å²) in [5.74, 6) is 0.259. The molecular formula is C23H26F3N3O2. The average Bonchev–Trinajstić information content (AvgIpc) is 3.06. The second kappa shape index (κ2) is 10.3. The Balaban J connectivity index is 1.77. The number of alkyl halides is 3. The Kier molecular flexibility index (Phi) is 7.57. The number of halogens is 3. The summed E-state index contributed by atoms with van der Waals surface area (Å²) >= 11 is 0. The Bertz CT molecular complexity index is 956. The fraction of sp³-hybridized carbons (Fsp3) is 0.348. The summed E-state index contributed by atoms with van der Waals surface area (Å²) in [6.45, 7) is 1.75. The summed E-state index contributed by atoms with van der Waals surface area (Å²) in [5, 5.41) is 4.54. The van der Waals surface area contributed by atoms with Crippen molar-refractivity contribution in [3.63, 3.8) is 0 Å². The van der Waals surface area contributed by atoms with E-state index in [1.165, 1.54) is 18.2 Å². The molecule has 166 valence electrons. The molecule has 0 N–H and O–H groups in total. The molecule has 5 nitrogen and oxygen atoms in total. The van der Waals surface area contributed by atoms with Crippen LogP contribution < -0.4 is 9.47 Å². The van der Waals surface area contributed by atoms with Crippen LogP contribution in [0, 0.1) is 0 Å². The van der Waals surface area contributed by atoms with E-state index in [2.05, 4.69) is 14.7 Å². The molecule has 0 radical (unpaired) electrons. The van der Waals surface area contributed by atoms with Crippen LogP contribution >= 0.6 is 0 Å². The second-order valence-electron chi connectivity index (χ2n) is 7.49. The van der Waals surface area contributed by atoms with Gasteiger partial charge in [-0.15, -0.1) is 18.3 Å². The number of ether oxygens (including phenoxy) is 2. The Hall–Kier alpha value is -3.00. The van der Waals surface area contributed by atoms with Crippen LogP contribution in [0.2, 0.25) is 0 Å². The van der Waals surface area contributed by atoms with Gasteiger partial charge in [0, 0.05) is 24.7 Å². The van der Waals surface area contributed by atoms with Crippen LogP contribution in [0.4, 0.5) is 13.2 Å². The molecular weight excluding hydrogens is 407 g/mol. The molecule has 8 heteroatoms. The van der Waals surface area contributed by atoms with Crippen molar-refractivity contribution in [2.45, 2.75) is 25.7 Å². The van der Waals surface area contributed by atoms with Crippen LogP contribution in [0.25, 0.3) is 0 Å². The van der Waals surface area contributed by atoms with Gasteiger partial charge in [0.25, 0.3) is 0 Å². The van der Waals surface area contributed by atoms with Crippen molar-refractivity contribution < 1.29 is 22.6 Å². The lowest BCUT2D eigenvalue weighted by molar-refractivity contribution is -0.274. The number of hydrogen-bond donors (Lipinski definition) is 0. The van der Waals surface area contributed by atoms with Crippen LogP contribution in [-0.2, 0) is 13.0 Å². The van der Waals surface area contributed by atoms with Gasteiger partial charge in [-0.05, 0) is 43.8 Å². The van der Waals surface area contributed by atoms with E-state index in [1.54, 1.807) is 10.7 Å². The van der Waals surface area contributed by atoms with Crippen molar-refractivity contribution in [2.24, 2.45) is 0 Å². The monoisotopic (exact) mass is 433 g/mol. The molecule has 0 unspecified atom stereocenters. The number of rotatable bonds is 10. The molecule has 0 fully saturated rings. The number of nitrogens with zero attached hydrogens (tertiary/aromatic N) is 3. The lowest BCUT2D eigenvalue weighted by Gasteiger charge is -2.11. The summed E-state index contributed by atoms with van der Waals surface area (Å²) in [7, 11) is 4.01. The molecule has 31 heavy (non-hydrogen) atoms. The Labute approximate surface area is 180 Å². The summed E-state index contributed by atoms with van der Waals surface area (Å²) in [5.41, 5.74) is 2.67. The highest BCUT2D eigenvalue weighted by molar-refractivity contribution is 5.30. The zero-order valence-electron chi connectivity index (χ0n) is 17.6. The highest BCUT2D eigenvalue weighted by atomic mass is 19.4. The minimum absolute atomic E-state index is 0.248. The molecule has 0 aliphatic carbocycles. The van der Waals surface area contributed by atoms with Gasteiger partial charge < -0.3 is 14.4 Å². The third-order valence-corrected chi connectivity index (χ3v) is 4.53. The first-order valence-electron chi connectivity index (χ1n) is 10.0. The summed E-state index contributed by atoms with van der Waals surface area (Å²) < 4.78 is 49.3. The largest absolute Gasteiger partial charge is 0.573 e. The third-order valence-electron chi connectivity index (χ3n) is 4.53. The van der Waals surface area contributed by atoms with Crippen LogP contribution in [0.1, 0.15) is 23.2 Å². The van der Waals surface area contributed by atoms with Crippen molar-refractivity contribution in [1.29, 1.82) is 0 Å². The molecule has 2 aromatic carbocycles. The maximum absolute atomic E-state index is 12.5. The molecule has 0 aliphatic heterocycles. The molecule has 1 heterocycles. The Morgan fingerprint density at radius 3 is 2.42 bits per heavy atom. The molecule has 0 bridgehead atoms. The quantitative estimate of drug-likeness (QED) is 0.433. The Morgan fingerprint density at radius 2 is 1.71 bits per heavy atom. The molecule has 0 amide bonds. The molecule has 0 saturated heterocycles. The van der Waals surface area contributed by atoms with Crippen molar-refractivity contribution in [2.75, 3.05) is 27.2 Å². The predicted molar refractivity (Wildman–Crippen MR) is 112 cm³/mol. The van der Waals surface area contributed by atoms with Crippen LogP contribution in [-0.4, -0.2) is 48.3 Å². The van der Waals surface area contributed by atoms with Crippen molar-refractivity contribution >= 4 is 0 Å². The van der Waals surface area contributed by atoms with Crippen LogP contribution in [0.15, 0.2) is 60.7 Å². The first kappa shape index (κ1) is 22.7. The maximum Gasteiger partial charge on any atom is 0.573 e. The molecule has 0 saturated carbocycles. The van der Waals surface area contributed by atoms with E-state index < -0.39 is 6.36 Å². The van der Waals surface area contributed by atoms with E-state index >= 15 is 0 Å². The summed E-state index contributed by atoms with van der Waals surface area (Å²) in [6.07, 6.45) is -3.23. The van der Waals surface area contributed by atoms with Gasteiger partial charge in [-0.25, -0.2) is 0 Å². The van der Waals surface area contributed by atoms with Gasteiger partial charge in [0.15, 0.2) is 0 Å². The topological polar surface area (TPSA) is 39.5 Å².